The Labute approximate surface area is 179 Å². The van der Waals surface area contributed by atoms with E-state index in [0.29, 0.717) is 29.8 Å². The van der Waals surface area contributed by atoms with Crippen molar-refractivity contribution in [3.8, 4) is 5.75 Å². The molecule has 2 aliphatic heterocycles. The highest BCUT2D eigenvalue weighted by atomic mass is 16.5. The second-order valence-corrected chi connectivity index (χ2v) is 7.44. The number of hydrogen-bond acceptors (Lipinski definition) is 6. The number of imide groups is 1. The molecular formula is C23H22N2O6. The van der Waals surface area contributed by atoms with Crippen LogP contribution < -0.4 is 4.74 Å². The minimum Gasteiger partial charge on any atom is -0.496 e. The first-order valence-electron chi connectivity index (χ1n) is 10.1. The molecule has 2 aliphatic rings. The fraction of sp³-hybridized carbons (Fsp3) is 0.304. The Morgan fingerprint density at radius 1 is 0.968 bits per heavy atom. The van der Waals surface area contributed by atoms with Gasteiger partial charge in [-0.15, -0.1) is 0 Å². The van der Waals surface area contributed by atoms with Gasteiger partial charge < -0.3 is 14.4 Å². The van der Waals surface area contributed by atoms with Crippen molar-refractivity contribution in [2.75, 3.05) is 26.8 Å². The van der Waals surface area contributed by atoms with Crippen LogP contribution in [0.5, 0.6) is 5.75 Å². The molecular weight excluding hydrogens is 400 g/mol. The van der Waals surface area contributed by atoms with Crippen molar-refractivity contribution in [2.45, 2.75) is 19.4 Å². The number of carbonyl (C=O) groups is 4. The van der Waals surface area contributed by atoms with Crippen LogP contribution in [0.1, 0.15) is 49.5 Å². The molecule has 8 nitrogen and oxygen atoms in total. The highest BCUT2D eigenvalue weighted by Crippen LogP contribution is 2.26. The number of methoxy groups -OCH3 is 1. The smallest absolute Gasteiger partial charge is 0.342 e. The van der Waals surface area contributed by atoms with Gasteiger partial charge in [-0.05, 0) is 42.7 Å². The summed E-state index contributed by atoms with van der Waals surface area (Å²) in [5.74, 6) is -1.40. The minimum atomic E-state index is -0.700. The molecule has 2 aromatic rings. The lowest BCUT2D eigenvalue weighted by atomic mass is 10.1. The summed E-state index contributed by atoms with van der Waals surface area (Å²) in [5, 5.41) is 0. The summed E-state index contributed by atoms with van der Waals surface area (Å²) in [7, 11) is 1.42. The number of esters is 1. The molecule has 2 heterocycles. The Kier molecular flexibility index (Phi) is 5.70. The molecule has 160 valence electrons. The fourth-order valence-corrected chi connectivity index (χ4v) is 3.84. The first-order valence-corrected chi connectivity index (χ1v) is 10.1. The van der Waals surface area contributed by atoms with Crippen LogP contribution in [-0.2, 0) is 16.1 Å². The molecule has 0 bridgehead atoms. The Morgan fingerprint density at radius 3 is 2.23 bits per heavy atom. The van der Waals surface area contributed by atoms with Gasteiger partial charge in [0.05, 0.1) is 24.8 Å². The molecule has 0 aromatic heterocycles. The largest absolute Gasteiger partial charge is 0.496 e. The molecule has 1 fully saturated rings. The number of likely N-dealkylation sites (tertiary alicyclic amines) is 1. The van der Waals surface area contributed by atoms with Gasteiger partial charge in [0.15, 0.2) is 6.61 Å². The van der Waals surface area contributed by atoms with Gasteiger partial charge in [0.2, 0.25) is 0 Å². The number of fused-ring (bicyclic) bond motifs is 1. The van der Waals surface area contributed by atoms with Crippen LogP contribution in [0.15, 0.2) is 42.5 Å². The SMILES string of the molecule is COc1ccc(CN2C(=O)c3ccccc3C2=O)cc1C(=O)OCC(=O)N1CCCC1. The zero-order valence-corrected chi connectivity index (χ0v) is 17.1. The predicted octanol–water partition coefficient (Wildman–Crippen LogP) is 2.27. The molecule has 0 saturated carbocycles. The van der Waals surface area contributed by atoms with Crippen molar-refractivity contribution in [2.24, 2.45) is 0 Å². The van der Waals surface area contributed by atoms with Crippen LogP contribution in [0.3, 0.4) is 0 Å². The van der Waals surface area contributed by atoms with Gasteiger partial charge in [0.1, 0.15) is 11.3 Å². The van der Waals surface area contributed by atoms with Crippen molar-refractivity contribution in [1.82, 2.24) is 9.80 Å². The summed E-state index contributed by atoms with van der Waals surface area (Å²) >= 11 is 0. The number of rotatable bonds is 6. The first-order chi connectivity index (χ1) is 15.0. The van der Waals surface area contributed by atoms with Gasteiger partial charge >= 0.3 is 5.97 Å². The van der Waals surface area contributed by atoms with Gasteiger partial charge in [-0.25, -0.2) is 4.79 Å². The molecule has 4 rings (SSSR count). The van der Waals surface area contributed by atoms with E-state index >= 15 is 0 Å². The van der Waals surface area contributed by atoms with E-state index in [1.54, 1.807) is 41.3 Å². The highest BCUT2D eigenvalue weighted by Gasteiger charge is 2.35. The van der Waals surface area contributed by atoms with Crippen molar-refractivity contribution in [3.05, 3.63) is 64.7 Å². The van der Waals surface area contributed by atoms with Crippen LogP contribution >= 0.6 is 0 Å². The van der Waals surface area contributed by atoms with Crippen LogP contribution in [0.2, 0.25) is 0 Å². The third-order valence-electron chi connectivity index (χ3n) is 5.49. The van der Waals surface area contributed by atoms with E-state index in [4.69, 9.17) is 9.47 Å². The summed E-state index contributed by atoms with van der Waals surface area (Å²) in [6.07, 6.45) is 1.90. The van der Waals surface area contributed by atoms with Crippen LogP contribution in [0.4, 0.5) is 0 Å². The maximum absolute atomic E-state index is 12.6. The van der Waals surface area contributed by atoms with Crippen molar-refractivity contribution in [1.29, 1.82) is 0 Å². The lowest BCUT2D eigenvalue weighted by Crippen LogP contribution is -2.32. The fourth-order valence-electron chi connectivity index (χ4n) is 3.84. The third-order valence-corrected chi connectivity index (χ3v) is 5.49. The van der Waals surface area contributed by atoms with E-state index in [1.165, 1.54) is 13.2 Å². The summed E-state index contributed by atoms with van der Waals surface area (Å²) in [6, 6.07) is 11.4. The molecule has 0 radical (unpaired) electrons. The first kappa shape index (κ1) is 20.6. The maximum atomic E-state index is 12.6. The van der Waals surface area contributed by atoms with E-state index in [0.717, 1.165) is 17.7 Å². The Bertz CT molecular complexity index is 1020. The van der Waals surface area contributed by atoms with Crippen LogP contribution in [0.25, 0.3) is 0 Å². The average Bonchev–Trinajstić information content (AvgIpc) is 3.41. The van der Waals surface area contributed by atoms with Crippen LogP contribution in [0, 0.1) is 0 Å². The number of nitrogens with zero attached hydrogens (tertiary/aromatic N) is 2. The van der Waals surface area contributed by atoms with E-state index in [1.807, 2.05) is 0 Å². The van der Waals surface area contributed by atoms with Crippen LogP contribution in [-0.4, -0.2) is 60.3 Å². The number of ether oxygens (including phenoxy) is 2. The minimum absolute atomic E-state index is 0.00330. The Morgan fingerprint density at radius 2 is 1.61 bits per heavy atom. The number of amides is 3. The topological polar surface area (TPSA) is 93.2 Å². The average molecular weight is 422 g/mol. The second kappa shape index (κ2) is 8.59. The van der Waals surface area contributed by atoms with Crippen molar-refractivity contribution >= 4 is 23.7 Å². The molecule has 1 saturated heterocycles. The molecule has 0 spiro atoms. The number of carbonyl (C=O) groups excluding carboxylic acids is 4. The highest BCUT2D eigenvalue weighted by molar-refractivity contribution is 6.21. The molecule has 3 amide bonds. The van der Waals surface area contributed by atoms with Gasteiger partial charge in [0, 0.05) is 13.1 Å². The monoisotopic (exact) mass is 422 g/mol. The normalized spacial score (nSPS) is 15.3. The quantitative estimate of drug-likeness (QED) is 0.524. The molecule has 2 aromatic carbocycles. The molecule has 0 atom stereocenters. The van der Waals surface area contributed by atoms with E-state index in [-0.39, 0.29) is 42.2 Å². The molecule has 31 heavy (non-hydrogen) atoms. The summed E-state index contributed by atoms with van der Waals surface area (Å²) in [6.45, 7) is 1.01. The zero-order chi connectivity index (χ0) is 22.0. The summed E-state index contributed by atoms with van der Waals surface area (Å²) in [4.78, 5) is 52.8. The van der Waals surface area contributed by atoms with E-state index in [9.17, 15) is 19.2 Å². The van der Waals surface area contributed by atoms with Crippen molar-refractivity contribution in [3.63, 3.8) is 0 Å². The second-order valence-electron chi connectivity index (χ2n) is 7.44. The molecule has 0 aliphatic carbocycles. The third kappa shape index (κ3) is 4.01. The number of benzene rings is 2. The summed E-state index contributed by atoms with van der Waals surface area (Å²) < 4.78 is 10.5. The van der Waals surface area contributed by atoms with Gasteiger partial charge in [0.25, 0.3) is 17.7 Å². The number of hydrogen-bond donors (Lipinski definition) is 0. The van der Waals surface area contributed by atoms with E-state index < -0.39 is 5.97 Å². The molecule has 0 unspecified atom stereocenters. The zero-order valence-electron chi connectivity index (χ0n) is 17.1. The maximum Gasteiger partial charge on any atom is 0.342 e. The summed E-state index contributed by atoms with van der Waals surface area (Å²) in [5.41, 5.74) is 1.42. The van der Waals surface area contributed by atoms with Crippen molar-refractivity contribution < 1.29 is 28.7 Å². The van der Waals surface area contributed by atoms with E-state index in [2.05, 4.69) is 0 Å². The van der Waals surface area contributed by atoms with Gasteiger partial charge in [-0.1, -0.05) is 18.2 Å². The standard InChI is InChI=1S/C23H22N2O6/c1-30-19-9-8-15(13-25-21(27)16-6-2-3-7-17(16)22(25)28)12-18(19)23(29)31-14-20(26)24-10-4-5-11-24/h2-3,6-9,12H,4-5,10-11,13-14H2,1H3. The Balaban J connectivity index is 1.48. The molecule has 8 heteroatoms. The molecule has 0 N–H and O–H groups in total. The lowest BCUT2D eigenvalue weighted by molar-refractivity contribution is -0.133. The Hall–Kier alpha value is -3.68. The van der Waals surface area contributed by atoms with Gasteiger partial charge in [-0.3, -0.25) is 19.3 Å². The lowest BCUT2D eigenvalue weighted by Gasteiger charge is -2.17. The predicted molar refractivity (Wildman–Crippen MR) is 110 cm³/mol. The van der Waals surface area contributed by atoms with Gasteiger partial charge in [-0.2, -0.15) is 0 Å².